The van der Waals surface area contributed by atoms with E-state index in [9.17, 15) is 9.60 Å². The van der Waals surface area contributed by atoms with Crippen LogP contribution in [-0.2, 0) is 12.8 Å². The van der Waals surface area contributed by atoms with Crippen LogP contribution in [0.15, 0.2) is 40.6 Å². The minimum atomic E-state index is -0.472. The third kappa shape index (κ3) is 4.57. The lowest BCUT2D eigenvalue weighted by Gasteiger charge is -2.13. The van der Waals surface area contributed by atoms with Crippen LogP contribution < -0.4 is 5.32 Å². The van der Waals surface area contributed by atoms with Gasteiger partial charge in [-0.1, -0.05) is 22.8 Å². The summed E-state index contributed by atoms with van der Waals surface area (Å²) in [4.78, 5) is 11.4. The lowest BCUT2D eigenvalue weighted by molar-refractivity contribution is 0.318. The Hall–Kier alpha value is -2.51. The van der Waals surface area contributed by atoms with E-state index in [1.807, 2.05) is 6.07 Å². The van der Waals surface area contributed by atoms with E-state index >= 15 is 0 Å². The summed E-state index contributed by atoms with van der Waals surface area (Å²) < 4.78 is 13.4. The smallest absolute Gasteiger partial charge is 0.141 e. The van der Waals surface area contributed by atoms with Crippen LogP contribution in [0.4, 0.5) is 10.2 Å². The number of oxime groups is 1. The molecule has 0 saturated heterocycles. The van der Waals surface area contributed by atoms with Crippen LogP contribution in [-0.4, -0.2) is 52.8 Å². The average molecular weight is 416 g/mol. The first-order valence-electron chi connectivity index (χ1n) is 9.69. The summed E-state index contributed by atoms with van der Waals surface area (Å²) in [6, 6.07) is 7.04. The van der Waals surface area contributed by atoms with Crippen molar-refractivity contribution in [3.63, 3.8) is 0 Å². The van der Waals surface area contributed by atoms with Crippen molar-refractivity contribution in [3.05, 3.63) is 58.0 Å². The van der Waals surface area contributed by atoms with Crippen molar-refractivity contribution in [2.75, 3.05) is 25.5 Å². The van der Waals surface area contributed by atoms with Crippen LogP contribution in [0.1, 0.15) is 29.5 Å². The van der Waals surface area contributed by atoms with E-state index in [-0.39, 0.29) is 5.02 Å². The largest absolute Gasteiger partial charge is 0.411 e. The Balaban J connectivity index is 1.48. The maximum absolute atomic E-state index is 13.4. The van der Waals surface area contributed by atoms with Crippen LogP contribution in [0.2, 0.25) is 5.02 Å². The minimum Gasteiger partial charge on any atom is -0.411 e. The maximum Gasteiger partial charge on any atom is 0.141 e. The number of aliphatic imine (C=N–C) groups is 1. The van der Waals surface area contributed by atoms with Crippen LogP contribution in [0, 0.1) is 5.82 Å². The third-order valence-corrected chi connectivity index (χ3v) is 5.67. The van der Waals surface area contributed by atoms with Crippen molar-refractivity contribution < 1.29 is 9.60 Å². The number of nitrogens with one attached hydrogen (secondary N) is 1. The number of aromatic nitrogens is 1. The van der Waals surface area contributed by atoms with Gasteiger partial charge in [0, 0.05) is 42.8 Å². The molecule has 2 aromatic rings. The number of hydrogen-bond donors (Lipinski definition) is 2. The molecule has 2 N–H and O–H groups in total. The SMILES string of the molecule is CN(CCN=C1Cc2c(/C(Cc3ccc(F)c(Cl)c3)=N/O)ccnc2N1)C1CC1. The number of hydrogen-bond acceptors (Lipinski definition) is 5. The van der Waals surface area contributed by atoms with Gasteiger partial charge in [0.1, 0.15) is 17.5 Å². The number of fused-ring (bicyclic) bond motifs is 1. The van der Waals surface area contributed by atoms with Crippen LogP contribution in [0.5, 0.6) is 0 Å². The van der Waals surface area contributed by atoms with Crippen LogP contribution >= 0.6 is 11.6 Å². The van der Waals surface area contributed by atoms with E-state index in [0.717, 1.165) is 47.5 Å². The van der Waals surface area contributed by atoms with Crippen LogP contribution in [0.3, 0.4) is 0 Å². The molecule has 1 saturated carbocycles. The first-order valence-corrected chi connectivity index (χ1v) is 10.1. The molecule has 2 aliphatic rings. The number of halogens is 2. The highest BCUT2D eigenvalue weighted by Crippen LogP contribution is 2.27. The fourth-order valence-electron chi connectivity index (χ4n) is 3.56. The summed E-state index contributed by atoms with van der Waals surface area (Å²) in [5, 5.41) is 16.4. The molecule has 152 valence electrons. The number of anilines is 1. The highest BCUT2D eigenvalue weighted by Gasteiger charge is 2.26. The van der Waals surface area contributed by atoms with Gasteiger partial charge >= 0.3 is 0 Å². The predicted octanol–water partition coefficient (Wildman–Crippen LogP) is 3.76. The second-order valence-corrected chi connectivity index (χ2v) is 7.91. The molecule has 8 heteroatoms. The van der Waals surface area contributed by atoms with E-state index in [1.165, 1.54) is 18.9 Å². The zero-order valence-corrected chi connectivity index (χ0v) is 17.0. The number of benzene rings is 1. The molecule has 2 heterocycles. The highest BCUT2D eigenvalue weighted by atomic mass is 35.5. The lowest BCUT2D eigenvalue weighted by atomic mass is 9.98. The summed E-state index contributed by atoms with van der Waals surface area (Å²) in [5.74, 6) is 1.13. The van der Waals surface area contributed by atoms with Crippen LogP contribution in [0.25, 0.3) is 0 Å². The van der Waals surface area contributed by atoms with Gasteiger partial charge in [0.15, 0.2) is 0 Å². The first kappa shape index (κ1) is 19.8. The zero-order valence-electron chi connectivity index (χ0n) is 16.2. The second-order valence-electron chi connectivity index (χ2n) is 7.50. The molecule has 0 atom stereocenters. The topological polar surface area (TPSA) is 73.1 Å². The molecule has 0 amide bonds. The molecule has 1 aromatic carbocycles. The number of pyridine rings is 1. The molecule has 4 rings (SSSR count). The molecule has 1 aromatic heterocycles. The summed E-state index contributed by atoms with van der Waals surface area (Å²) in [5.41, 5.74) is 2.98. The zero-order chi connectivity index (χ0) is 20.4. The average Bonchev–Trinajstić information content (AvgIpc) is 3.48. The maximum atomic E-state index is 13.4. The van der Waals surface area contributed by atoms with E-state index in [0.29, 0.717) is 18.6 Å². The highest BCUT2D eigenvalue weighted by molar-refractivity contribution is 6.30. The molecule has 29 heavy (non-hydrogen) atoms. The predicted molar refractivity (Wildman–Crippen MR) is 113 cm³/mol. The molecule has 0 radical (unpaired) electrons. The number of rotatable bonds is 7. The quantitative estimate of drug-likeness (QED) is 0.410. The second kappa shape index (κ2) is 8.47. The van der Waals surface area contributed by atoms with E-state index in [4.69, 9.17) is 11.6 Å². The van der Waals surface area contributed by atoms with Gasteiger partial charge in [-0.3, -0.25) is 4.99 Å². The Morgan fingerprint density at radius 3 is 2.93 bits per heavy atom. The summed E-state index contributed by atoms with van der Waals surface area (Å²) in [7, 11) is 2.14. The van der Waals surface area contributed by atoms with Gasteiger partial charge in [-0.15, -0.1) is 0 Å². The molecule has 1 fully saturated rings. The molecular formula is C21H23ClFN5O. The van der Waals surface area contributed by atoms with Gasteiger partial charge in [-0.25, -0.2) is 9.37 Å². The molecule has 0 spiro atoms. The number of nitrogens with zero attached hydrogens (tertiary/aromatic N) is 4. The summed E-state index contributed by atoms with van der Waals surface area (Å²) in [6.07, 6.45) is 5.17. The fraction of sp³-hybridized carbons (Fsp3) is 0.381. The molecule has 0 bridgehead atoms. The summed E-state index contributed by atoms with van der Waals surface area (Å²) >= 11 is 5.88. The Bertz CT molecular complexity index is 974. The van der Waals surface area contributed by atoms with Crippen molar-refractivity contribution in [1.82, 2.24) is 9.88 Å². The van der Waals surface area contributed by atoms with Crippen molar-refractivity contribution in [1.29, 1.82) is 0 Å². The normalized spacial score (nSPS) is 17.7. The van der Waals surface area contributed by atoms with Gasteiger partial charge in [-0.05, 0) is 43.7 Å². The van der Waals surface area contributed by atoms with E-state index < -0.39 is 5.82 Å². The molecule has 1 aliphatic heterocycles. The van der Waals surface area contributed by atoms with Gasteiger partial charge < -0.3 is 15.4 Å². The van der Waals surface area contributed by atoms with Crippen molar-refractivity contribution >= 4 is 29.0 Å². The van der Waals surface area contributed by atoms with Crippen molar-refractivity contribution in [2.24, 2.45) is 10.1 Å². The Morgan fingerprint density at radius 1 is 1.38 bits per heavy atom. The standard InChI is InChI=1S/C21H23ClFN5O/c1-28(14-3-4-14)9-8-24-20-12-16-15(6-7-25-21(16)26-20)19(27-29)11-13-2-5-18(23)17(22)10-13/h2,5-7,10,14,29H,3-4,8-9,11-12H2,1H3,(H,24,25,26)/b27-19+. The Morgan fingerprint density at radius 2 is 2.21 bits per heavy atom. The van der Waals surface area contributed by atoms with Crippen molar-refractivity contribution in [2.45, 2.75) is 31.7 Å². The van der Waals surface area contributed by atoms with E-state index in [1.54, 1.807) is 18.3 Å². The lowest BCUT2D eigenvalue weighted by Crippen LogP contribution is -2.24. The van der Waals surface area contributed by atoms with E-state index in [2.05, 4.69) is 32.4 Å². The van der Waals surface area contributed by atoms with Gasteiger partial charge in [0.2, 0.25) is 0 Å². The Kier molecular flexibility index (Phi) is 5.78. The first-order chi connectivity index (χ1) is 14.0. The molecule has 1 aliphatic carbocycles. The monoisotopic (exact) mass is 415 g/mol. The number of amidine groups is 1. The summed E-state index contributed by atoms with van der Waals surface area (Å²) in [6.45, 7) is 1.66. The number of likely N-dealkylation sites (N-methyl/N-ethyl adjacent to an activating group) is 1. The molecule has 0 unspecified atom stereocenters. The third-order valence-electron chi connectivity index (χ3n) is 5.38. The molecule has 6 nitrogen and oxygen atoms in total. The fourth-order valence-corrected chi connectivity index (χ4v) is 3.76. The van der Waals surface area contributed by atoms with Gasteiger partial charge in [0.05, 0.1) is 17.3 Å². The minimum absolute atomic E-state index is 0.0481. The molecular weight excluding hydrogens is 393 g/mol. The van der Waals surface area contributed by atoms with Gasteiger partial charge in [-0.2, -0.15) is 0 Å². The van der Waals surface area contributed by atoms with Crippen molar-refractivity contribution in [3.8, 4) is 0 Å². The Labute approximate surface area is 174 Å². The van der Waals surface area contributed by atoms with Gasteiger partial charge in [0.25, 0.3) is 0 Å².